The molecule has 0 fully saturated rings. The molecule has 0 aliphatic carbocycles. The Labute approximate surface area is 107 Å². The first-order valence-corrected chi connectivity index (χ1v) is 6.94. The molecule has 4 heteroatoms. The lowest BCUT2D eigenvalue weighted by atomic mass is 9.93. The molecule has 0 amide bonds. The van der Waals surface area contributed by atoms with Crippen molar-refractivity contribution < 1.29 is 9.90 Å². The third-order valence-corrected chi connectivity index (χ3v) is 4.30. The third-order valence-electron chi connectivity index (χ3n) is 3.22. The molecule has 0 aliphatic heterocycles. The van der Waals surface area contributed by atoms with Gasteiger partial charge in [-0.1, -0.05) is 26.7 Å². The largest absolute Gasteiger partial charge is 0.385 e. The standard InChI is InChI=1S/C13H21NO2S/c1-5-10(6-2)13(16)11(15)7-12-14-8(3)9(4)17-12/h10,13,16H,5-7H2,1-4H3. The molecule has 1 rings (SSSR count). The predicted molar refractivity (Wildman–Crippen MR) is 70.4 cm³/mol. The van der Waals surface area contributed by atoms with Crippen LogP contribution in [0.25, 0.3) is 0 Å². The zero-order chi connectivity index (χ0) is 13.0. The first-order chi connectivity index (χ1) is 7.99. The van der Waals surface area contributed by atoms with E-state index in [0.29, 0.717) is 0 Å². The second kappa shape index (κ2) is 6.26. The molecular weight excluding hydrogens is 234 g/mol. The molecule has 17 heavy (non-hydrogen) atoms. The molecule has 3 nitrogen and oxygen atoms in total. The van der Waals surface area contributed by atoms with Crippen LogP contribution >= 0.6 is 11.3 Å². The molecule has 1 atom stereocenters. The Bertz CT molecular complexity index is 363. The zero-order valence-corrected chi connectivity index (χ0v) is 11.8. The minimum absolute atomic E-state index is 0.0738. The highest BCUT2D eigenvalue weighted by Crippen LogP contribution is 2.20. The molecule has 1 heterocycles. The molecule has 0 bridgehead atoms. The average Bonchev–Trinajstić information content (AvgIpc) is 2.59. The van der Waals surface area contributed by atoms with Gasteiger partial charge in [0.05, 0.1) is 12.1 Å². The number of thiazole rings is 1. The molecule has 96 valence electrons. The normalized spacial score (nSPS) is 13.1. The maximum Gasteiger partial charge on any atom is 0.168 e. The van der Waals surface area contributed by atoms with Crippen molar-refractivity contribution >= 4 is 17.1 Å². The van der Waals surface area contributed by atoms with Crippen molar-refractivity contribution in [1.29, 1.82) is 0 Å². The van der Waals surface area contributed by atoms with Crippen molar-refractivity contribution in [2.24, 2.45) is 5.92 Å². The van der Waals surface area contributed by atoms with Crippen molar-refractivity contribution in [2.45, 2.75) is 53.1 Å². The van der Waals surface area contributed by atoms with Gasteiger partial charge in [-0.2, -0.15) is 0 Å². The molecule has 0 spiro atoms. The Kier molecular flexibility index (Phi) is 5.28. The Morgan fingerprint density at radius 1 is 1.35 bits per heavy atom. The van der Waals surface area contributed by atoms with Crippen LogP contribution in [0.4, 0.5) is 0 Å². The van der Waals surface area contributed by atoms with Gasteiger partial charge in [0.25, 0.3) is 0 Å². The Hall–Kier alpha value is -0.740. The van der Waals surface area contributed by atoms with E-state index in [1.165, 1.54) is 0 Å². The summed E-state index contributed by atoms with van der Waals surface area (Å²) >= 11 is 1.54. The minimum Gasteiger partial charge on any atom is -0.385 e. The number of rotatable bonds is 6. The van der Waals surface area contributed by atoms with E-state index in [1.807, 2.05) is 27.7 Å². The van der Waals surface area contributed by atoms with E-state index in [0.717, 1.165) is 28.4 Å². The number of hydrogen-bond acceptors (Lipinski definition) is 4. The van der Waals surface area contributed by atoms with Crippen LogP contribution in [-0.2, 0) is 11.2 Å². The van der Waals surface area contributed by atoms with Crippen LogP contribution in [-0.4, -0.2) is 22.0 Å². The van der Waals surface area contributed by atoms with E-state index in [9.17, 15) is 9.90 Å². The molecule has 1 unspecified atom stereocenters. The monoisotopic (exact) mass is 255 g/mol. The highest BCUT2D eigenvalue weighted by atomic mass is 32.1. The summed E-state index contributed by atoms with van der Waals surface area (Å²) in [6.07, 6.45) is 1.09. The van der Waals surface area contributed by atoms with Gasteiger partial charge >= 0.3 is 0 Å². The molecule has 1 N–H and O–H groups in total. The van der Waals surface area contributed by atoms with Gasteiger partial charge in [-0.25, -0.2) is 4.98 Å². The lowest BCUT2D eigenvalue weighted by Crippen LogP contribution is -2.30. The third kappa shape index (κ3) is 3.61. The Morgan fingerprint density at radius 3 is 2.35 bits per heavy atom. The van der Waals surface area contributed by atoms with Crippen LogP contribution in [0.1, 0.15) is 42.3 Å². The van der Waals surface area contributed by atoms with Crippen LogP contribution in [0.15, 0.2) is 0 Å². The van der Waals surface area contributed by atoms with Crippen LogP contribution < -0.4 is 0 Å². The van der Waals surface area contributed by atoms with E-state index < -0.39 is 6.10 Å². The Balaban J connectivity index is 2.65. The van der Waals surface area contributed by atoms with E-state index in [-0.39, 0.29) is 18.1 Å². The molecular formula is C13H21NO2S. The van der Waals surface area contributed by atoms with Crippen LogP contribution in [0.5, 0.6) is 0 Å². The summed E-state index contributed by atoms with van der Waals surface area (Å²) in [6.45, 7) is 7.94. The summed E-state index contributed by atoms with van der Waals surface area (Å²) in [5.74, 6) is -0.0305. The van der Waals surface area contributed by atoms with Gasteiger partial charge in [0.2, 0.25) is 0 Å². The number of hydrogen-bond donors (Lipinski definition) is 1. The summed E-state index contributed by atoms with van der Waals surface area (Å²) in [5.41, 5.74) is 0.981. The van der Waals surface area contributed by atoms with Gasteiger partial charge in [0.15, 0.2) is 5.78 Å². The number of ketones is 1. The summed E-state index contributed by atoms with van der Waals surface area (Å²) in [7, 11) is 0. The first kappa shape index (κ1) is 14.3. The fourth-order valence-electron chi connectivity index (χ4n) is 1.87. The summed E-state index contributed by atoms with van der Waals surface area (Å²) in [4.78, 5) is 17.4. The molecule has 1 aromatic heterocycles. The number of aliphatic hydroxyl groups is 1. The number of Topliss-reactive ketones (excluding diaryl/α,β-unsaturated/α-hetero) is 1. The number of aromatic nitrogens is 1. The zero-order valence-electron chi connectivity index (χ0n) is 11.0. The lowest BCUT2D eigenvalue weighted by molar-refractivity contribution is -0.129. The van der Waals surface area contributed by atoms with Crippen LogP contribution in [0, 0.1) is 19.8 Å². The van der Waals surface area contributed by atoms with E-state index in [2.05, 4.69) is 4.98 Å². The van der Waals surface area contributed by atoms with E-state index >= 15 is 0 Å². The van der Waals surface area contributed by atoms with E-state index in [4.69, 9.17) is 0 Å². The number of carbonyl (C=O) groups is 1. The van der Waals surface area contributed by atoms with Gasteiger partial charge in [-0.15, -0.1) is 11.3 Å². The molecule has 0 saturated heterocycles. The second-order valence-corrected chi connectivity index (χ2v) is 5.70. The summed E-state index contributed by atoms with van der Waals surface area (Å²) in [5, 5.41) is 10.8. The maximum atomic E-state index is 11.9. The minimum atomic E-state index is -0.838. The molecule has 0 saturated carbocycles. The number of carbonyl (C=O) groups excluding carboxylic acids is 1. The lowest BCUT2D eigenvalue weighted by Gasteiger charge is -2.18. The van der Waals surface area contributed by atoms with Gasteiger partial charge in [0, 0.05) is 4.88 Å². The van der Waals surface area contributed by atoms with Crippen LogP contribution in [0.2, 0.25) is 0 Å². The second-order valence-electron chi connectivity index (χ2n) is 4.41. The van der Waals surface area contributed by atoms with Crippen molar-refractivity contribution in [3.05, 3.63) is 15.6 Å². The smallest absolute Gasteiger partial charge is 0.168 e. The highest BCUT2D eigenvalue weighted by Gasteiger charge is 2.24. The van der Waals surface area contributed by atoms with Crippen molar-refractivity contribution in [3.63, 3.8) is 0 Å². The van der Waals surface area contributed by atoms with Gasteiger partial charge < -0.3 is 5.11 Å². The number of aryl methyl sites for hydroxylation is 2. The topological polar surface area (TPSA) is 50.2 Å². The number of nitrogens with zero attached hydrogens (tertiary/aromatic N) is 1. The Morgan fingerprint density at radius 2 is 1.94 bits per heavy atom. The van der Waals surface area contributed by atoms with Gasteiger partial charge in [-0.05, 0) is 19.8 Å². The SMILES string of the molecule is CCC(CC)C(O)C(=O)Cc1nc(C)c(C)s1. The van der Waals surface area contributed by atoms with Gasteiger partial charge in [0.1, 0.15) is 11.1 Å². The summed E-state index contributed by atoms with van der Waals surface area (Å²) < 4.78 is 0. The molecule has 0 aliphatic rings. The molecule has 0 aromatic carbocycles. The van der Waals surface area contributed by atoms with Crippen molar-refractivity contribution in [2.75, 3.05) is 0 Å². The maximum absolute atomic E-state index is 11.9. The first-order valence-electron chi connectivity index (χ1n) is 6.13. The molecule has 0 radical (unpaired) electrons. The van der Waals surface area contributed by atoms with Crippen molar-refractivity contribution in [3.8, 4) is 0 Å². The number of aliphatic hydroxyl groups excluding tert-OH is 1. The van der Waals surface area contributed by atoms with Crippen LogP contribution in [0.3, 0.4) is 0 Å². The average molecular weight is 255 g/mol. The summed E-state index contributed by atoms with van der Waals surface area (Å²) in [6, 6.07) is 0. The predicted octanol–water partition coefficient (Wildman–Crippen LogP) is 2.67. The van der Waals surface area contributed by atoms with Gasteiger partial charge in [-0.3, -0.25) is 4.79 Å². The van der Waals surface area contributed by atoms with E-state index in [1.54, 1.807) is 11.3 Å². The fourth-order valence-corrected chi connectivity index (χ4v) is 2.81. The van der Waals surface area contributed by atoms with Crippen molar-refractivity contribution in [1.82, 2.24) is 4.98 Å². The fraction of sp³-hybridized carbons (Fsp3) is 0.692. The molecule has 1 aromatic rings. The quantitative estimate of drug-likeness (QED) is 0.850. The highest BCUT2D eigenvalue weighted by molar-refractivity contribution is 7.11.